The number of hydrogen-bond donors (Lipinski definition) is 2. The molecule has 2 atom stereocenters. The van der Waals surface area contributed by atoms with Crippen molar-refractivity contribution in [1.82, 2.24) is 15.5 Å². The number of rotatable bonds is 9. The van der Waals surface area contributed by atoms with Crippen molar-refractivity contribution in [1.29, 1.82) is 0 Å². The molecule has 0 fully saturated rings. The normalized spacial score (nSPS) is 15.0. The Morgan fingerprint density at radius 2 is 1.85 bits per heavy atom. The van der Waals surface area contributed by atoms with Crippen molar-refractivity contribution in [3.63, 3.8) is 0 Å². The quantitative estimate of drug-likeness (QED) is 0.448. The predicted molar refractivity (Wildman–Crippen MR) is 111 cm³/mol. The summed E-state index contributed by atoms with van der Waals surface area (Å²) < 4.78 is 27.9. The number of carbonyl (C=O) groups is 1. The van der Waals surface area contributed by atoms with Crippen LogP contribution in [0.2, 0.25) is 0 Å². The summed E-state index contributed by atoms with van der Waals surface area (Å²) in [6.07, 6.45) is 1.40. The maximum atomic E-state index is 12.0. The lowest BCUT2D eigenvalue weighted by Crippen LogP contribution is -2.43. The molecule has 0 bridgehead atoms. The van der Waals surface area contributed by atoms with E-state index in [2.05, 4.69) is 15.6 Å². The van der Waals surface area contributed by atoms with Crippen LogP contribution in [0.25, 0.3) is 0 Å². The molecule has 2 N–H and O–H groups in total. The van der Waals surface area contributed by atoms with Gasteiger partial charge < -0.3 is 20.3 Å². The fourth-order valence-corrected chi connectivity index (χ4v) is 2.98. The van der Waals surface area contributed by atoms with Crippen LogP contribution in [0.1, 0.15) is 48.0 Å². The SMILES string of the molecule is CCNC(=NCC(C)CN(C)C(=O)OC(C)(C)C)NC(C)CCS(C)(=O)=O. The Labute approximate surface area is 165 Å². The van der Waals surface area contributed by atoms with E-state index in [9.17, 15) is 13.2 Å². The number of guanidine groups is 1. The number of nitrogens with one attached hydrogen (secondary N) is 2. The molecular weight excluding hydrogens is 368 g/mol. The monoisotopic (exact) mass is 406 g/mol. The zero-order valence-electron chi connectivity index (χ0n) is 18.1. The first-order valence-corrected chi connectivity index (χ1v) is 11.5. The zero-order valence-corrected chi connectivity index (χ0v) is 18.9. The first-order chi connectivity index (χ1) is 12.2. The minimum Gasteiger partial charge on any atom is -0.444 e. The molecule has 0 aliphatic carbocycles. The molecule has 0 radical (unpaired) electrons. The molecule has 0 aromatic carbocycles. The van der Waals surface area contributed by atoms with Crippen molar-refractivity contribution in [2.75, 3.05) is 38.7 Å². The average molecular weight is 407 g/mol. The molecule has 0 saturated carbocycles. The first-order valence-electron chi connectivity index (χ1n) is 9.40. The summed E-state index contributed by atoms with van der Waals surface area (Å²) >= 11 is 0. The molecule has 0 rings (SSSR count). The van der Waals surface area contributed by atoms with Crippen molar-refractivity contribution in [2.45, 2.75) is 59.6 Å². The second-order valence-electron chi connectivity index (χ2n) is 8.15. The fourth-order valence-electron chi connectivity index (χ4n) is 2.20. The molecule has 0 heterocycles. The van der Waals surface area contributed by atoms with E-state index in [-0.39, 0.29) is 23.8 Å². The van der Waals surface area contributed by atoms with E-state index in [1.807, 2.05) is 41.5 Å². The first kappa shape index (κ1) is 25.5. The summed E-state index contributed by atoms with van der Waals surface area (Å²) in [5.41, 5.74) is -0.517. The molecule has 1 amide bonds. The van der Waals surface area contributed by atoms with Crippen LogP contribution in [-0.2, 0) is 14.6 Å². The van der Waals surface area contributed by atoms with E-state index in [0.29, 0.717) is 32.0 Å². The predicted octanol–water partition coefficient (Wildman–Crippen LogP) is 1.87. The number of sulfone groups is 1. The van der Waals surface area contributed by atoms with Crippen molar-refractivity contribution < 1.29 is 17.9 Å². The van der Waals surface area contributed by atoms with Crippen LogP contribution in [0.4, 0.5) is 4.79 Å². The van der Waals surface area contributed by atoms with E-state index >= 15 is 0 Å². The van der Waals surface area contributed by atoms with Gasteiger partial charge >= 0.3 is 6.09 Å². The van der Waals surface area contributed by atoms with Crippen molar-refractivity contribution in [2.24, 2.45) is 10.9 Å². The highest BCUT2D eigenvalue weighted by Gasteiger charge is 2.20. The number of ether oxygens (including phenoxy) is 1. The van der Waals surface area contributed by atoms with Crippen LogP contribution >= 0.6 is 0 Å². The Bertz CT molecular complexity index is 585. The van der Waals surface area contributed by atoms with Gasteiger partial charge in [0, 0.05) is 39.0 Å². The number of nitrogens with zero attached hydrogens (tertiary/aromatic N) is 2. The van der Waals surface area contributed by atoms with Gasteiger partial charge in [-0.2, -0.15) is 0 Å². The molecule has 0 aromatic heterocycles. The third-order valence-electron chi connectivity index (χ3n) is 3.50. The summed E-state index contributed by atoms with van der Waals surface area (Å²) in [5, 5.41) is 6.38. The summed E-state index contributed by atoms with van der Waals surface area (Å²) in [4.78, 5) is 18.1. The third kappa shape index (κ3) is 14.2. The summed E-state index contributed by atoms with van der Waals surface area (Å²) in [6, 6.07) is -0.0164. The van der Waals surface area contributed by atoms with Gasteiger partial charge in [0.2, 0.25) is 0 Å². The third-order valence-corrected chi connectivity index (χ3v) is 4.48. The molecule has 0 aliphatic rings. The highest BCUT2D eigenvalue weighted by molar-refractivity contribution is 7.90. The molecule has 0 aromatic rings. The minimum absolute atomic E-state index is 0.0164. The molecule has 27 heavy (non-hydrogen) atoms. The second kappa shape index (κ2) is 11.4. The van der Waals surface area contributed by atoms with E-state index in [1.54, 1.807) is 11.9 Å². The molecule has 0 spiro atoms. The molecule has 0 aliphatic heterocycles. The van der Waals surface area contributed by atoms with Gasteiger partial charge in [0.05, 0.1) is 5.75 Å². The smallest absolute Gasteiger partial charge is 0.410 e. The molecule has 160 valence electrons. The number of carbonyl (C=O) groups excluding carboxylic acids is 1. The number of amides is 1. The van der Waals surface area contributed by atoms with Gasteiger partial charge in [0.15, 0.2) is 5.96 Å². The van der Waals surface area contributed by atoms with Crippen LogP contribution in [0.15, 0.2) is 4.99 Å². The molecule has 8 nitrogen and oxygen atoms in total. The largest absolute Gasteiger partial charge is 0.444 e. The Balaban J connectivity index is 4.61. The van der Waals surface area contributed by atoms with Crippen LogP contribution in [0.5, 0.6) is 0 Å². The summed E-state index contributed by atoms with van der Waals surface area (Å²) in [7, 11) is -1.26. The maximum Gasteiger partial charge on any atom is 0.410 e. The van der Waals surface area contributed by atoms with Gasteiger partial charge in [-0.3, -0.25) is 4.99 Å². The van der Waals surface area contributed by atoms with Gasteiger partial charge in [-0.15, -0.1) is 0 Å². The Kier molecular flexibility index (Phi) is 10.7. The lowest BCUT2D eigenvalue weighted by Gasteiger charge is -2.26. The Morgan fingerprint density at radius 1 is 1.26 bits per heavy atom. The van der Waals surface area contributed by atoms with Crippen molar-refractivity contribution >= 4 is 21.9 Å². The highest BCUT2D eigenvalue weighted by Crippen LogP contribution is 2.10. The lowest BCUT2D eigenvalue weighted by molar-refractivity contribution is 0.0279. The fraction of sp³-hybridized carbons (Fsp3) is 0.889. The van der Waals surface area contributed by atoms with Crippen LogP contribution in [-0.4, -0.2) is 75.7 Å². The van der Waals surface area contributed by atoms with E-state index in [4.69, 9.17) is 4.74 Å². The van der Waals surface area contributed by atoms with Crippen molar-refractivity contribution in [3.8, 4) is 0 Å². The van der Waals surface area contributed by atoms with E-state index < -0.39 is 15.4 Å². The van der Waals surface area contributed by atoms with E-state index in [1.165, 1.54) is 6.26 Å². The number of hydrogen-bond acceptors (Lipinski definition) is 5. The van der Waals surface area contributed by atoms with Gasteiger partial charge in [0.1, 0.15) is 15.4 Å². The lowest BCUT2D eigenvalue weighted by atomic mass is 10.2. The molecular formula is C18H38N4O4S. The maximum absolute atomic E-state index is 12.0. The van der Waals surface area contributed by atoms with E-state index in [0.717, 1.165) is 0 Å². The molecule has 2 unspecified atom stereocenters. The van der Waals surface area contributed by atoms with Crippen LogP contribution in [0.3, 0.4) is 0 Å². The molecule has 0 saturated heterocycles. The molecule has 9 heteroatoms. The van der Waals surface area contributed by atoms with Crippen LogP contribution in [0, 0.1) is 5.92 Å². The second-order valence-corrected chi connectivity index (χ2v) is 10.4. The average Bonchev–Trinajstić information content (AvgIpc) is 2.48. The van der Waals surface area contributed by atoms with Gasteiger partial charge in [-0.25, -0.2) is 13.2 Å². The van der Waals surface area contributed by atoms with Crippen LogP contribution < -0.4 is 10.6 Å². The zero-order chi connectivity index (χ0) is 21.3. The summed E-state index contributed by atoms with van der Waals surface area (Å²) in [6.45, 7) is 13.2. The van der Waals surface area contributed by atoms with Gasteiger partial charge in [-0.1, -0.05) is 6.92 Å². The Hall–Kier alpha value is -1.51. The van der Waals surface area contributed by atoms with Gasteiger partial charge in [0.25, 0.3) is 0 Å². The Morgan fingerprint density at radius 3 is 2.33 bits per heavy atom. The number of aliphatic imine (C=N–C) groups is 1. The minimum atomic E-state index is -2.98. The van der Waals surface area contributed by atoms with Gasteiger partial charge in [-0.05, 0) is 47.0 Å². The van der Waals surface area contributed by atoms with Crippen molar-refractivity contribution in [3.05, 3.63) is 0 Å². The highest BCUT2D eigenvalue weighted by atomic mass is 32.2. The standard InChI is InChI=1S/C18H38N4O4S/c1-9-19-16(21-15(3)10-11-27(8,24)25)20-12-14(2)13-22(7)17(23)26-18(4,5)6/h14-15H,9-13H2,1-8H3,(H2,19,20,21). The topological polar surface area (TPSA) is 100 Å². The summed E-state index contributed by atoms with van der Waals surface area (Å²) in [5.74, 6) is 0.923.